The van der Waals surface area contributed by atoms with Crippen molar-refractivity contribution in [2.75, 3.05) is 18.5 Å². The molecule has 0 radical (unpaired) electrons. The van der Waals surface area contributed by atoms with Crippen molar-refractivity contribution in [1.29, 1.82) is 0 Å². The molecule has 122 valence electrons. The number of nitrogens with one attached hydrogen (secondary N) is 2. The molecule has 0 spiro atoms. The predicted octanol–water partition coefficient (Wildman–Crippen LogP) is -2.66. The maximum atomic E-state index is 12.0. The third-order valence-corrected chi connectivity index (χ3v) is 2.90. The number of nitrogens with zero attached hydrogens (tertiary/aromatic N) is 1. The number of carbonyl (C=O) groups excluding carboxylic acids is 2. The molecule has 0 saturated carbocycles. The smallest absolute Gasteiger partial charge is 0.290 e. The van der Waals surface area contributed by atoms with E-state index in [9.17, 15) is 9.59 Å². The number of amides is 2. The number of halogens is 1. The summed E-state index contributed by atoms with van der Waals surface area (Å²) >= 11 is 0. The van der Waals surface area contributed by atoms with E-state index in [-0.39, 0.29) is 48.5 Å². The maximum Gasteiger partial charge on any atom is 0.290 e. The molecule has 0 bridgehead atoms. The molecule has 2 aromatic rings. The van der Waals surface area contributed by atoms with Gasteiger partial charge < -0.3 is 32.7 Å². The van der Waals surface area contributed by atoms with E-state index in [0.29, 0.717) is 5.56 Å². The van der Waals surface area contributed by atoms with Crippen LogP contribution in [0.1, 0.15) is 10.4 Å². The van der Waals surface area contributed by atoms with Crippen LogP contribution in [-0.2, 0) is 11.3 Å². The van der Waals surface area contributed by atoms with E-state index in [1.54, 1.807) is 41.2 Å². The first-order valence-corrected chi connectivity index (χ1v) is 6.92. The molecule has 0 aliphatic rings. The van der Waals surface area contributed by atoms with Crippen molar-refractivity contribution < 1.29 is 36.2 Å². The molecule has 0 aliphatic carbocycles. The zero-order chi connectivity index (χ0) is 15.8. The number of para-hydroxylation sites is 1. The predicted molar refractivity (Wildman–Crippen MR) is 81.1 cm³/mol. The van der Waals surface area contributed by atoms with Crippen molar-refractivity contribution in [2.45, 2.75) is 6.54 Å². The Kier molecular flexibility index (Phi) is 7.93. The molecule has 2 rings (SSSR count). The molecule has 3 N–H and O–H groups in total. The van der Waals surface area contributed by atoms with Gasteiger partial charge in [0.15, 0.2) is 12.4 Å². The Morgan fingerprint density at radius 1 is 1.09 bits per heavy atom. The number of aromatic nitrogens is 1. The third-order valence-electron chi connectivity index (χ3n) is 2.90. The summed E-state index contributed by atoms with van der Waals surface area (Å²) in [5, 5.41) is 14.0. The highest BCUT2D eigenvalue weighted by Crippen LogP contribution is 2.04. The van der Waals surface area contributed by atoms with Crippen molar-refractivity contribution in [1.82, 2.24) is 5.32 Å². The van der Waals surface area contributed by atoms with Gasteiger partial charge in [-0.15, -0.1) is 0 Å². The lowest BCUT2D eigenvalue weighted by atomic mass is 10.2. The van der Waals surface area contributed by atoms with E-state index in [0.717, 1.165) is 5.69 Å². The SMILES string of the molecule is O=C(C[n+]1cccc(C(=O)NCCO)c1)Nc1ccccc1.[Br-]. The van der Waals surface area contributed by atoms with E-state index < -0.39 is 0 Å². The summed E-state index contributed by atoms with van der Waals surface area (Å²) in [5.74, 6) is -0.462. The fourth-order valence-electron chi connectivity index (χ4n) is 1.91. The third kappa shape index (κ3) is 6.17. The van der Waals surface area contributed by atoms with Crippen LogP contribution in [0.4, 0.5) is 5.69 Å². The van der Waals surface area contributed by atoms with Gasteiger partial charge in [0.2, 0.25) is 6.54 Å². The minimum atomic E-state index is -0.285. The van der Waals surface area contributed by atoms with E-state index in [1.165, 1.54) is 0 Å². The number of aliphatic hydroxyl groups is 1. The maximum absolute atomic E-state index is 12.0. The number of benzene rings is 1. The van der Waals surface area contributed by atoms with E-state index in [1.807, 2.05) is 18.2 Å². The Labute approximate surface area is 144 Å². The lowest BCUT2D eigenvalue weighted by Crippen LogP contribution is -3.00. The molecule has 7 heteroatoms. The molecule has 0 unspecified atom stereocenters. The zero-order valence-corrected chi connectivity index (χ0v) is 14.0. The quantitative estimate of drug-likeness (QED) is 0.479. The molecular formula is C16H18BrN3O3. The van der Waals surface area contributed by atoms with Gasteiger partial charge in [-0.05, 0) is 18.2 Å². The van der Waals surface area contributed by atoms with Crippen molar-refractivity contribution in [3.8, 4) is 0 Å². The number of carbonyl (C=O) groups is 2. The van der Waals surface area contributed by atoms with Crippen LogP contribution >= 0.6 is 0 Å². The first-order chi connectivity index (χ1) is 10.7. The molecular weight excluding hydrogens is 362 g/mol. The van der Waals surface area contributed by atoms with Crippen LogP contribution in [0.3, 0.4) is 0 Å². The standard InChI is InChI=1S/C16H17N3O3.BrH/c20-10-8-17-16(22)13-5-4-9-19(11-13)12-15(21)18-14-6-2-1-3-7-14;/h1-7,9,11,20H,8,10,12H2,(H-,17,18,21,22);1H. The molecule has 2 amide bonds. The van der Waals surface area contributed by atoms with Gasteiger partial charge in [-0.2, -0.15) is 4.57 Å². The Hall–Kier alpha value is -2.25. The highest BCUT2D eigenvalue weighted by Gasteiger charge is 2.13. The van der Waals surface area contributed by atoms with Crippen LogP contribution in [0, 0.1) is 0 Å². The lowest BCUT2D eigenvalue weighted by molar-refractivity contribution is -0.684. The van der Waals surface area contributed by atoms with Gasteiger partial charge in [0.25, 0.3) is 11.8 Å². The summed E-state index contributed by atoms with van der Waals surface area (Å²) in [6.07, 6.45) is 3.31. The number of anilines is 1. The second-order valence-electron chi connectivity index (χ2n) is 4.66. The summed E-state index contributed by atoms with van der Waals surface area (Å²) in [6.45, 7) is 0.191. The van der Waals surface area contributed by atoms with Crippen molar-refractivity contribution in [3.63, 3.8) is 0 Å². The second kappa shape index (κ2) is 9.70. The van der Waals surface area contributed by atoms with Crippen molar-refractivity contribution in [3.05, 3.63) is 60.4 Å². The minimum absolute atomic E-state index is 0. The van der Waals surface area contributed by atoms with Gasteiger partial charge in [-0.25, -0.2) is 0 Å². The first-order valence-electron chi connectivity index (χ1n) is 6.92. The van der Waals surface area contributed by atoms with Gasteiger partial charge in [0.05, 0.1) is 6.61 Å². The van der Waals surface area contributed by atoms with Crippen LogP contribution in [0.15, 0.2) is 54.9 Å². The number of pyridine rings is 1. The number of hydrogen-bond acceptors (Lipinski definition) is 3. The Morgan fingerprint density at radius 3 is 2.52 bits per heavy atom. The van der Waals surface area contributed by atoms with Crippen LogP contribution in [0.25, 0.3) is 0 Å². The van der Waals surface area contributed by atoms with Crippen molar-refractivity contribution >= 4 is 17.5 Å². The molecule has 0 saturated heterocycles. The summed E-state index contributed by atoms with van der Waals surface area (Å²) in [7, 11) is 0. The highest BCUT2D eigenvalue weighted by atomic mass is 79.9. The van der Waals surface area contributed by atoms with Gasteiger partial charge in [0, 0.05) is 18.3 Å². The Bertz CT molecular complexity index is 650. The van der Waals surface area contributed by atoms with E-state index in [4.69, 9.17) is 5.11 Å². The highest BCUT2D eigenvalue weighted by molar-refractivity contribution is 5.93. The van der Waals surface area contributed by atoms with Gasteiger partial charge in [-0.1, -0.05) is 18.2 Å². The molecule has 1 aromatic heterocycles. The van der Waals surface area contributed by atoms with Crippen LogP contribution in [0.2, 0.25) is 0 Å². The topological polar surface area (TPSA) is 82.3 Å². The Balaban J connectivity index is 0.00000264. The summed E-state index contributed by atoms with van der Waals surface area (Å²) in [5.41, 5.74) is 1.16. The molecule has 0 atom stereocenters. The van der Waals surface area contributed by atoms with E-state index >= 15 is 0 Å². The van der Waals surface area contributed by atoms with Crippen LogP contribution < -0.4 is 32.2 Å². The summed E-state index contributed by atoms with van der Waals surface area (Å²) in [4.78, 5) is 23.8. The molecule has 0 fully saturated rings. The van der Waals surface area contributed by atoms with Crippen LogP contribution in [0.5, 0.6) is 0 Å². The monoisotopic (exact) mass is 379 g/mol. The van der Waals surface area contributed by atoms with Gasteiger partial charge >= 0.3 is 0 Å². The van der Waals surface area contributed by atoms with Gasteiger partial charge in [0.1, 0.15) is 5.56 Å². The fraction of sp³-hybridized carbons (Fsp3) is 0.188. The second-order valence-corrected chi connectivity index (χ2v) is 4.66. The zero-order valence-electron chi connectivity index (χ0n) is 12.4. The average molecular weight is 380 g/mol. The lowest BCUT2D eigenvalue weighted by Gasteiger charge is -2.04. The van der Waals surface area contributed by atoms with E-state index in [2.05, 4.69) is 10.6 Å². The number of aliphatic hydroxyl groups excluding tert-OH is 1. The fourth-order valence-corrected chi connectivity index (χ4v) is 1.91. The molecule has 6 nitrogen and oxygen atoms in total. The molecule has 1 heterocycles. The molecule has 0 aliphatic heterocycles. The number of hydrogen-bond donors (Lipinski definition) is 3. The Morgan fingerprint density at radius 2 is 1.83 bits per heavy atom. The van der Waals surface area contributed by atoms with Crippen LogP contribution in [-0.4, -0.2) is 30.1 Å². The summed E-state index contributed by atoms with van der Waals surface area (Å²) in [6, 6.07) is 12.5. The average Bonchev–Trinajstić information content (AvgIpc) is 2.53. The minimum Gasteiger partial charge on any atom is -1.00 e. The normalized spacial score (nSPS) is 9.61. The largest absolute Gasteiger partial charge is 1.00 e. The summed E-state index contributed by atoms with van der Waals surface area (Å²) < 4.78 is 1.63. The molecule has 23 heavy (non-hydrogen) atoms. The molecule has 1 aromatic carbocycles. The first kappa shape index (κ1) is 18.8. The number of rotatable bonds is 6. The van der Waals surface area contributed by atoms with Crippen molar-refractivity contribution in [2.24, 2.45) is 0 Å². The van der Waals surface area contributed by atoms with Gasteiger partial charge in [-0.3, -0.25) is 9.59 Å².